The Morgan fingerprint density at radius 1 is 1.08 bits per heavy atom. The van der Waals surface area contributed by atoms with Gasteiger partial charge in [0, 0.05) is 38.1 Å². The normalized spacial score (nSPS) is 16.9. The second-order valence-electron chi connectivity index (χ2n) is 6.78. The van der Waals surface area contributed by atoms with E-state index in [1.165, 1.54) is 21.6 Å². The van der Waals surface area contributed by atoms with Crippen LogP contribution in [0.15, 0.2) is 40.7 Å². The Morgan fingerprint density at radius 2 is 1.85 bits per heavy atom. The highest BCUT2D eigenvalue weighted by Gasteiger charge is 2.23. The number of guanidine groups is 1. The lowest BCUT2D eigenvalue weighted by Gasteiger charge is -2.32. The highest BCUT2D eigenvalue weighted by molar-refractivity contribution is 7.10. The summed E-state index contributed by atoms with van der Waals surface area (Å²) in [6.45, 7) is 3.60. The van der Waals surface area contributed by atoms with Gasteiger partial charge in [-0.15, -0.1) is 11.3 Å². The van der Waals surface area contributed by atoms with Crippen molar-refractivity contribution in [3.8, 4) is 0 Å². The van der Waals surface area contributed by atoms with Crippen molar-refractivity contribution < 1.29 is 4.79 Å². The molecule has 2 aromatic rings. The van der Waals surface area contributed by atoms with Crippen molar-refractivity contribution in [1.82, 2.24) is 15.1 Å². The molecule has 1 aromatic heterocycles. The third kappa shape index (κ3) is 3.46. The van der Waals surface area contributed by atoms with Crippen LogP contribution in [0.2, 0.25) is 0 Å². The van der Waals surface area contributed by atoms with Gasteiger partial charge in [-0.2, -0.15) is 0 Å². The van der Waals surface area contributed by atoms with Crippen molar-refractivity contribution in [1.29, 1.82) is 0 Å². The van der Waals surface area contributed by atoms with Crippen LogP contribution in [0, 0.1) is 0 Å². The van der Waals surface area contributed by atoms with Gasteiger partial charge in [-0.1, -0.05) is 24.3 Å². The molecule has 2 aliphatic rings. The van der Waals surface area contributed by atoms with Gasteiger partial charge < -0.3 is 15.1 Å². The van der Waals surface area contributed by atoms with E-state index in [1.807, 2.05) is 4.90 Å². The van der Waals surface area contributed by atoms with E-state index < -0.39 is 0 Å². The van der Waals surface area contributed by atoms with E-state index in [2.05, 4.69) is 50.9 Å². The second-order valence-corrected chi connectivity index (χ2v) is 7.78. The maximum absolute atomic E-state index is 12.6. The van der Waals surface area contributed by atoms with Gasteiger partial charge in [0.1, 0.15) is 0 Å². The molecule has 1 amide bonds. The molecule has 3 heterocycles. The lowest BCUT2D eigenvalue weighted by atomic mass is 10.0. The number of hydrogen-bond donors (Lipinski definition) is 1. The Balaban J connectivity index is 1.34. The molecule has 0 radical (unpaired) electrons. The lowest BCUT2D eigenvalue weighted by Crippen LogP contribution is -2.48. The summed E-state index contributed by atoms with van der Waals surface area (Å²) < 4.78 is 0. The van der Waals surface area contributed by atoms with E-state index in [9.17, 15) is 4.79 Å². The predicted molar refractivity (Wildman–Crippen MR) is 105 cm³/mol. The van der Waals surface area contributed by atoms with Gasteiger partial charge in [0.05, 0.1) is 6.54 Å². The molecule has 0 saturated carbocycles. The van der Waals surface area contributed by atoms with Crippen LogP contribution in [-0.4, -0.2) is 48.3 Å². The minimum atomic E-state index is 0.139. The monoisotopic (exact) mass is 368 g/mol. The number of amides is 1. The highest BCUT2D eigenvalue weighted by Crippen LogP contribution is 2.24. The second kappa shape index (κ2) is 7.50. The summed E-state index contributed by atoms with van der Waals surface area (Å²) in [5, 5.41) is 5.39. The van der Waals surface area contributed by atoms with Gasteiger partial charge in [-0.05, 0) is 41.0 Å². The highest BCUT2D eigenvalue weighted by atomic mass is 32.1. The van der Waals surface area contributed by atoms with Crippen LogP contribution in [0.1, 0.15) is 21.6 Å². The summed E-state index contributed by atoms with van der Waals surface area (Å²) in [6.07, 6.45) is 1.98. The van der Waals surface area contributed by atoms with Crippen LogP contribution in [0.25, 0.3) is 0 Å². The molecular formula is C20H24N4OS. The van der Waals surface area contributed by atoms with E-state index in [0.717, 1.165) is 45.0 Å². The number of carbonyl (C=O) groups excluding carboxylic acids is 1. The molecule has 4 rings (SSSR count). The fraction of sp³-hybridized carbons (Fsp3) is 0.400. The minimum absolute atomic E-state index is 0.139. The first-order valence-electron chi connectivity index (χ1n) is 9.10. The number of thiophene rings is 1. The molecule has 5 nitrogen and oxygen atoms in total. The zero-order valence-electron chi connectivity index (χ0n) is 15.1. The van der Waals surface area contributed by atoms with Gasteiger partial charge in [0.25, 0.3) is 0 Å². The van der Waals surface area contributed by atoms with E-state index in [4.69, 9.17) is 0 Å². The van der Waals surface area contributed by atoms with Crippen molar-refractivity contribution in [3.63, 3.8) is 0 Å². The van der Waals surface area contributed by atoms with E-state index in [-0.39, 0.29) is 5.91 Å². The van der Waals surface area contributed by atoms with Crippen molar-refractivity contribution in [2.24, 2.45) is 4.99 Å². The molecule has 2 aliphatic heterocycles. The van der Waals surface area contributed by atoms with E-state index in [1.54, 1.807) is 18.4 Å². The average molecular weight is 369 g/mol. The largest absolute Gasteiger partial charge is 0.347 e. The standard InChI is InChI=1S/C20H24N4OS/c1-21-20(24-9-6-15-4-2-3-5-16(15)13-24)22-12-19(25)23-10-7-18-17(14-23)8-11-26-18/h2-5,8,11H,6-7,9-10,12-14H2,1H3,(H,21,22). The molecule has 26 heavy (non-hydrogen) atoms. The van der Waals surface area contributed by atoms with Crippen LogP contribution in [0.3, 0.4) is 0 Å². The van der Waals surface area contributed by atoms with Crippen LogP contribution in [0.5, 0.6) is 0 Å². The summed E-state index contributed by atoms with van der Waals surface area (Å²) >= 11 is 1.79. The molecule has 1 N–H and O–H groups in total. The van der Waals surface area contributed by atoms with Gasteiger partial charge in [-0.25, -0.2) is 0 Å². The fourth-order valence-corrected chi connectivity index (χ4v) is 4.63. The number of nitrogens with zero attached hydrogens (tertiary/aromatic N) is 3. The first-order chi connectivity index (χ1) is 12.7. The Morgan fingerprint density at radius 3 is 2.69 bits per heavy atom. The Hall–Kier alpha value is -2.34. The third-order valence-electron chi connectivity index (χ3n) is 5.20. The summed E-state index contributed by atoms with van der Waals surface area (Å²) in [6, 6.07) is 10.7. The zero-order chi connectivity index (χ0) is 17.9. The topological polar surface area (TPSA) is 47.9 Å². The molecule has 0 aliphatic carbocycles. The molecule has 0 fully saturated rings. The molecule has 0 unspecified atom stereocenters. The van der Waals surface area contributed by atoms with Gasteiger partial charge in [0.2, 0.25) is 5.91 Å². The quantitative estimate of drug-likeness (QED) is 0.653. The number of carbonyl (C=O) groups is 1. The van der Waals surface area contributed by atoms with Gasteiger partial charge in [-0.3, -0.25) is 9.79 Å². The smallest absolute Gasteiger partial charge is 0.242 e. The van der Waals surface area contributed by atoms with Crippen LogP contribution >= 0.6 is 11.3 Å². The van der Waals surface area contributed by atoms with Crippen LogP contribution < -0.4 is 5.32 Å². The van der Waals surface area contributed by atoms with Crippen molar-refractivity contribution in [2.75, 3.05) is 26.7 Å². The summed E-state index contributed by atoms with van der Waals surface area (Å²) in [5.74, 6) is 0.946. The number of aliphatic imine (C=N–C) groups is 1. The Kier molecular flexibility index (Phi) is 4.93. The lowest BCUT2D eigenvalue weighted by molar-refractivity contribution is -0.130. The van der Waals surface area contributed by atoms with Crippen LogP contribution in [0.4, 0.5) is 0 Å². The molecular weight excluding hydrogens is 344 g/mol. The molecule has 0 spiro atoms. The number of hydrogen-bond acceptors (Lipinski definition) is 3. The van der Waals surface area contributed by atoms with Crippen molar-refractivity contribution >= 4 is 23.2 Å². The van der Waals surface area contributed by atoms with E-state index >= 15 is 0 Å². The third-order valence-corrected chi connectivity index (χ3v) is 6.22. The van der Waals surface area contributed by atoms with Gasteiger partial charge >= 0.3 is 0 Å². The average Bonchev–Trinajstić information content (AvgIpc) is 3.16. The fourth-order valence-electron chi connectivity index (χ4n) is 3.74. The zero-order valence-corrected chi connectivity index (χ0v) is 15.9. The maximum atomic E-state index is 12.6. The first-order valence-corrected chi connectivity index (χ1v) is 9.98. The molecule has 6 heteroatoms. The summed E-state index contributed by atoms with van der Waals surface area (Å²) in [7, 11) is 1.78. The molecule has 0 bridgehead atoms. The Labute approximate surface area is 158 Å². The van der Waals surface area contributed by atoms with Crippen molar-refractivity contribution in [2.45, 2.75) is 25.9 Å². The Bertz CT molecular complexity index is 829. The number of benzene rings is 1. The van der Waals surface area contributed by atoms with E-state index in [0.29, 0.717) is 6.54 Å². The van der Waals surface area contributed by atoms with Crippen LogP contribution in [-0.2, 0) is 30.7 Å². The summed E-state index contributed by atoms with van der Waals surface area (Å²) in [5.41, 5.74) is 4.05. The maximum Gasteiger partial charge on any atom is 0.242 e. The number of rotatable bonds is 2. The SMILES string of the molecule is CN=C(NCC(=O)N1CCc2sccc2C1)N1CCc2ccccc2C1. The minimum Gasteiger partial charge on any atom is -0.347 e. The number of nitrogens with one attached hydrogen (secondary N) is 1. The first kappa shape index (κ1) is 17.1. The summed E-state index contributed by atoms with van der Waals surface area (Å²) in [4.78, 5) is 22.6. The van der Waals surface area contributed by atoms with Crippen molar-refractivity contribution in [3.05, 3.63) is 57.3 Å². The number of fused-ring (bicyclic) bond motifs is 2. The molecule has 136 valence electrons. The molecule has 1 aromatic carbocycles. The predicted octanol–water partition coefficient (Wildman–Crippen LogP) is 2.27. The molecule has 0 atom stereocenters. The molecule has 0 saturated heterocycles. The van der Waals surface area contributed by atoms with Gasteiger partial charge in [0.15, 0.2) is 5.96 Å².